The number of carboxylic acid groups (broad SMARTS) is 1. The Kier molecular flexibility index (Phi) is 5.70. The highest BCUT2D eigenvalue weighted by Crippen LogP contribution is 2.08. The monoisotopic (exact) mass is 292 g/mol. The van der Waals surface area contributed by atoms with E-state index in [4.69, 9.17) is 5.11 Å². The Morgan fingerprint density at radius 2 is 2.28 bits per heavy atom. The van der Waals surface area contributed by atoms with Crippen LogP contribution < -0.4 is 4.72 Å². The van der Waals surface area contributed by atoms with Crippen molar-refractivity contribution in [2.45, 2.75) is 26.2 Å². The molecule has 0 aliphatic rings. The summed E-state index contributed by atoms with van der Waals surface area (Å²) in [6.07, 6.45) is 0.546. The normalized spacial score (nSPS) is 11.6. The van der Waals surface area contributed by atoms with Crippen LogP contribution in [-0.4, -0.2) is 36.8 Å². The molecule has 1 aromatic rings. The molecule has 0 bridgehead atoms. The summed E-state index contributed by atoms with van der Waals surface area (Å²) in [5, 5.41) is 11.2. The molecule has 0 radical (unpaired) electrons. The quantitative estimate of drug-likeness (QED) is 0.738. The summed E-state index contributed by atoms with van der Waals surface area (Å²) in [6, 6.07) is 0. The van der Waals surface area contributed by atoms with Crippen molar-refractivity contribution in [2.24, 2.45) is 0 Å². The second-order valence-corrected chi connectivity index (χ2v) is 6.71. The predicted octanol–water partition coefficient (Wildman–Crippen LogP) is 0.778. The highest BCUT2D eigenvalue weighted by molar-refractivity contribution is 7.89. The molecular weight excluding hydrogens is 276 g/mol. The lowest BCUT2D eigenvalue weighted by molar-refractivity contribution is -0.137. The van der Waals surface area contributed by atoms with Gasteiger partial charge in [0.1, 0.15) is 0 Å². The molecule has 1 aromatic heterocycles. The maximum Gasteiger partial charge on any atom is 0.303 e. The number of rotatable bonds is 8. The van der Waals surface area contributed by atoms with E-state index in [1.54, 1.807) is 0 Å². The third-order valence-electron chi connectivity index (χ3n) is 2.13. The Bertz CT molecular complexity index is 496. The molecule has 0 aliphatic carbocycles. The van der Waals surface area contributed by atoms with Crippen molar-refractivity contribution in [1.82, 2.24) is 9.71 Å². The molecule has 0 fully saturated rings. The van der Waals surface area contributed by atoms with Gasteiger partial charge in [0.15, 0.2) is 0 Å². The van der Waals surface area contributed by atoms with Gasteiger partial charge in [-0.15, -0.1) is 11.3 Å². The van der Waals surface area contributed by atoms with E-state index in [-0.39, 0.29) is 18.6 Å². The van der Waals surface area contributed by atoms with Gasteiger partial charge in [-0.1, -0.05) is 0 Å². The maximum atomic E-state index is 11.5. The zero-order valence-electron chi connectivity index (χ0n) is 10.0. The van der Waals surface area contributed by atoms with Crippen molar-refractivity contribution in [3.8, 4) is 0 Å². The van der Waals surface area contributed by atoms with Gasteiger partial charge in [0.2, 0.25) is 10.0 Å². The molecular formula is C10H16N2O4S2. The Morgan fingerprint density at radius 1 is 1.56 bits per heavy atom. The van der Waals surface area contributed by atoms with Gasteiger partial charge < -0.3 is 5.11 Å². The molecule has 0 atom stereocenters. The minimum atomic E-state index is -3.38. The van der Waals surface area contributed by atoms with Crippen molar-refractivity contribution in [3.63, 3.8) is 0 Å². The van der Waals surface area contributed by atoms with E-state index < -0.39 is 16.0 Å². The predicted molar refractivity (Wildman–Crippen MR) is 69.2 cm³/mol. The summed E-state index contributed by atoms with van der Waals surface area (Å²) in [6.45, 7) is 2.18. The number of nitrogens with zero attached hydrogens (tertiary/aromatic N) is 1. The van der Waals surface area contributed by atoms with Gasteiger partial charge in [0, 0.05) is 30.5 Å². The van der Waals surface area contributed by atoms with Crippen LogP contribution in [0.3, 0.4) is 0 Å². The van der Waals surface area contributed by atoms with E-state index in [1.807, 2.05) is 12.3 Å². The highest BCUT2D eigenvalue weighted by atomic mass is 32.2. The lowest BCUT2D eigenvalue weighted by Gasteiger charge is -2.04. The van der Waals surface area contributed by atoms with Gasteiger partial charge >= 0.3 is 5.97 Å². The first-order valence-corrected chi connectivity index (χ1v) is 8.02. The van der Waals surface area contributed by atoms with E-state index in [9.17, 15) is 13.2 Å². The molecule has 18 heavy (non-hydrogen) atoms. The zero-order chi connectivity index (χ0) is 13.6. The molecule has 8 heteroatoms. The molecule has 0 spiro atoms. The van der Waals surface area contributed by atoms with Crippen LogP contribution in [0.2, 0.25) is 0 Å². The average Bonchev–Trinajstić information content (AvgIpc) is 2.63. The SMILES string of the molecule is Cc1csc(CCNS(=O)(=O)CCCC(=O)O)n1. The number of thiazole rings is 1. The number of aromatic nitrogens is 1. The first-order valence-electron chi connectivity index (χ1n) is 5.49. The van der Waals surface area contributed by atoms with Crippen molar-refractivity contribution in [2.75, 3.05) is 12.3 Å². The van der Waals surface area contributed by atoms with Gasteiger partial charge in [-0.25, -0.2) is 18.1 Å². The maximum absolute atomic E-state index is 11.5. The van der Waals surface area contributed by atoms with Crippen molar-refractivity contribution in [3.05, 3.63) is 16.1 Å². The minimum Gasteiger partial charge on any atom is -0.481 e. The molecule has 0 amide bonds. The fraction of sp³-hybridized carbons (Fsp3) is 0.600. The number of carboxylic acids is 1. The molecule has 0 saturated carbocycles. The van der Waals surface area contributed by atoms with Crippen molar-refractivity contribution >= 4 is 27.3 Å². The van der Waals surface area contributed by atoms with Crippen LogP contribution in [0.4, 0.5) is 0 Å². The molecule has 102 valence electrons. The smallest absolute Gasteiger partial charge is 0.303 e. The van der Waals surface area contributed by atoms with Crippen LogP contribution in [0.25, 0.3) is 0 Å². The number of carbonyl (C=O) groups is 1. The number of sulfonamides is 1. The van der Waals surface area contributed by atoms with E-state index in [2.05, 4.69) is 9.71 Å². The first-order chi connectivity index (χ1) is 8.39. The second-order valence-electron chi connectivity index (χ2n) is 3.84. The van der Waals surface area contributed by atoms with Crippen LogP contribution in [0.1, 0.15) is 23.5 Å². The summed E-state index contributed by atoms with van der Waals surface area (Å²) < 4.78 is 25.4. The molecule has 1 heterocycles. The van der Waals surface area contributed by atoms with E-state index >= 15 is 0 Å². The molecule has 2 N–H and O–H groups in total. The van der Waals surface area contributed by atoms with Crippen LogP contribution >= 0.6 is 11.3 Å². The standard InChI is InChI=1S/C10H16N2O4S2/c1-8-7-17-9(12-8)4-5-11-18(15,16)6-2-3-10(13)14/h7,11H,2-6H2,1H3,(H,13,14). The molecule has 1 rings (SSSR count). The van der Waals surface area contributed by atoms with Gasteiger partial charge in [-0.05, 0) is 13.3 Å². The molecule has 0 saturated heterocycles. The highest BCUT2D eigenvalue weighted by Gasteiger charge is 2.11. The van der Waals surface area contributed by atoms with E-state index in [0.29, 0.717) is 13.0 Å². The van der Waals surface area contributed by atoms with Crippen molar-refractivity contribution in [1.29, 1.82) is 0 Å². The summed E-state index contributed by atoms with van der Waals surface area (Å²) in [5.41, 5.74) is 0.930. The van der Waals surface area contributed by atoms with Crippen LogP contribution in [0.5, 0.6) is 0 Å². The number of aliphatic carboxylic acids is 1. The Morgan fingerprint density at radius 3 is 2.83 bits per heavy atom. The van der Waals surface area contributed by atoms with Crippen LogP contribution in [0, 0.1) is 6.92 Å². The largest absolute Gasteiger partial charge is 0.481 e. The van der Waals surface area contributed by atoms with Gasteiger partial charge in [0.25, 0.3) is 0 Å². The van der Waals surface area contributed by atoms with Crippen LogP contribution in [0.15, 0.2) is 5.38 Å². The molecule has 0 aliphatic heterocycles. The lowest BCUT2D eigenvalue weighted by atomic mass is 10.3. The number of aryl methyl sites for hydroxylation is 1. The van der Waals surface area contributed by atoms with E-state index in [1.165, 1.54) is 11.3 Å². The minimum absolute atomic E-state index is 0.126. The molecule has 0 unspecified atom stereocenters. The fourth-order valence-corrected chi connectivity index (χ4v) is 3.17. The zero-order valence-corrected chi connectivity index (χ0v) is 11.7. The summed E-state index contributed by atoms with van der Waals surface area (Å²) in [5.74, 6) is -1.14. The number of hydrogen-bond donors (Lipinski definition) is 2. The molecule has 0 aromatic carbocycles. The third-order valence-corrected chi connectivity index (χ3v) is 4.63. The summed E-state index contributed by atoms with van der Waals surface area (Å²) in [7, 11) is -3.38. The number of hydrogen-bond acceptors (Lipinski definition) is 5. The fourth-order valence-electron chi connectivity index (χ4n) is 1.32. The van der Waals surface area contributed by atoms with Gasteiger partial charge in [-0.2, -0.15) is 0 Å². The average molecular weight is 292 g/mol. The van der Waals surface area contributed by atoms with Gasteiger partial charge in [-0.3, -0.25) is 4.79 Å². The summed E-state index contributed by atoms with van der Waals surface area (Å²) in [4.78, 5) is 14.5. The third kappa shape index (κ3) is 6.08. The van der Waals surface area contributed by atoms with Gasteiger partial charge in [0.05, 0.1) is 10.8 Å². The Balaban J connectivity index is 2.27. The lowest BCUT2D eigenvalue weighted by Crippen LogP contribution is -2.28. The molecule has 6 nitrogen and oxygen atoms in total. The Hall–Kier alpha value is -0.990. The summed E-state index contributed by atoms with van der Waals surface area (Å²) >= 11 is 1.50. The van der Waals surface area contributed by atoms with Crippen molar-refractivity contribution < 1.29 is 18.3 Å². The van der Waals surface area contributed by atoms with Crippen LogP contribution in [-0.2, 0) is 21.2 Å². The van der Waals surface area contributed by atoms with E-state index in [0.717, 1.165) is 10.7 Å². The Labute approximate surface area is 110 Å². The topological polar surface area (TPSA) is 96.4 Å². The first kappa shape index (κ1) is 15.1. The number of nitrogens with one attached hydrogen (secondary N) is 1. The second kappa shape index (κ2) is 6.81.